The van der Waals surface area contributed by atoms with Gasteiger partial charge >= 0.3 is 12.0 Å². The van der Waals surface area contributed by atoms with Crippen molar-refractivity contribution in [3.8, 4) is 0 Å². The van der Waals surface area contributed by atoms with Crippen LogP contribution in [0.2, 0.25) is 0 Å². The molecule has 1 saturated heterocycles. The smallest absolute Gasteiger partial charge is 0.329 e. The Morgan fingerprint density at radius 3 is 2.50 bits per heavy atom. The highest BCUT2D eigenvalue weighted by molar-refractivity contribution is 7.15. The number of carbonyl (C=O) groups is 2. The molecular weight excluding hydrogens is 376 g/mol. The van der Waals surface area contributed by atoms with Crippen LogP contribution in [-0.4, -0.2) is 46.4 Å². The average molecular weight is 411 g/mol. The minimum Gasteiger partial charge on any atom is -0.439 e. The largest absolute Gasteiger partial charge is 0.439 e. The lowest BCUT2D eigenvalue weighted by Gasteiger charge is -2.19. The maximum atomic E-state index is 13.0. The Bertz CT molecular complexity index is 622. The Balaban J connectivity index is 2.08. The number of hydrogen-bond donors (Lipinski definition) is 0. The third kappa shape index (κ3) is 6.43. The van der Waals surface area contributed by atoms with Crippen molar-refractivity contribution in [1.29, 1.82) is 0 Å². The number of hydrogen-bond acceptors (Lipinski definition) is 6. The maximum absolute atomic E-state index is 13.0. The lowest BCUT2D eigenvalue weighted by molar-refractivity contribution is -0.148. The van der Waals surface area contributed by atoms with E-state index in [4.69, 9.17) is 4.74 Å². The molecule has 1 aromatic rings. The molecule has 0 spiro atoms. The molecule has 1 aliphatic heterocycles. The topological polar surface area (TPSA) is 75.6 Å². The number of esters is 1. The molecule has 2 amide bonds. The van der Waals surface area contributed by atoms with Gasteiger partial charge in [0.15, 0.2) is 0 Å². The second kappa shape index (κ2) is 12.0. The van der Waals surface area contributed by atoms with E-state index in [9.17, 15) is 9.59 Å². The van der Waals surface area contributed by atoms with Crippen LogP contribution in [0.5, 0.6) is 0 Å². The lowest BCUT2D eigenvalue weighted by atomic mass is 10.2. The quantitative estimate of drug-likeness (QED) is 0.346. The van der Waals surface area contributed by atoms with E-state index < -0.39 is 6.23 Å². The first-order valence-corrected chi connectivity index (χ1v) is 11.5. The van der Waals surface area contributed by atoms with Crippen LogP contribution < -0.4 is 4.90 Å². The van der Waals surface area contributed by atoms with Gasteiger partial charge in [0.1, 0.15) is 5.01 Å². The fourth-order valence-corrected chi connectivity index (χ4v) is 4.07. The van der Waals surface area contributed by atoms with Gasteiger partial charge in [0.2, 0.25) is 11.4 Å². The zero-order valence-electron chi connectivity index (χ0n) is 17.5. The zero-order valence-corrected chi connectivity index (χ0v) is 18.3. The van der Waals surface area contributed by atoms with Crippen molar-refractivity contribution < 1.29 is 14.3 Å². The van der Waals surface area contributed by atoms with Crippen molar-refractivity contribution in [2.45, 2.75) is 91.2 Å². The molecule has 1 atom stereocenters. The minimum atomic E-state index is -0.616. The summed E-state index contributed by atoms with van der Waals surface area (Å²) in [6, 6.07) is -0.138. The summed E-state index contributed by atoms with van der Waals surface area (Å²) < 4.78 is 5.66. The lowest BCUT2D eigenvalue weighted by Crippen LogP contribution is -2.37. The number of ether oxygens (including phenoxy) is 1. The van der Waals surface area contributed by atoms with Gasteiger partial charge in [-0.05, 0) is 19.3 Å². The first-order valence-electron chi connectivity index (χ1n) is 10.7. The van der Waals surface area contributed by atoms with Crippen LogP contribution in [0, 0.1) is 0 Å². The molecule has 7 nitrogen and oxygen atoms in total. The molecule has 8 heteroatoms. The number of carbonyl (C=O) groups excluding carboxylic acids is 2. The van der Waals surface area contributed by atoms with Crippen LogP contribution in [0.3, 0.4) is 0 Å². The van der Waals surface area contributed by atoms with Gasteiger partial charge in [0.25, 0.3) is 0 Å². The van der Waals surface area contributed by atoms with Crippen LogP contribution in [0.4, 0.5) is 9.93 Å². The highest BCUT2D eigenvalue weighted by Crippen LogP contribution is 2.29. The molecule has 1 aromatic heterocycles. The maximum Gasteiger partial charge on any atom is 0.329 e. The van der Waals surface area contributed by atoms with Crippen molar-refractivity contribution >= 4 is 28.5 Å². The summed E-state index contributed by atoms with van der Waals surface area (Å²) in [5.74, 6) is -0.257. The molecule has 0 saturated carbocycles. The summed E-state index contributed by atoms with van der Waals surface area (Å²) in [6.07, 6.45) is 8.85. The van der Waals surface area contributed by atoms with E-state index in [0.717, 1.165) is 62.8 Å². The van der Waals surface area contributed by atoms with Crippen LogP contribution in [0.25, 0.3) is 0 Å². The van der Waals surface area contributed by atoms with E-state index in [1.807, 2.05) is 6.92 Å². The van der Waals surface area contributed by atoms with Crippen molar-refractivity contribution in [2.75, 3.05) is 18.0 Å². The summed E-state index contributed by atoms with van der Waals surface area (Å²) >= 11 is 1.43. The van der Waals surface area contributed by atoms with Crippen molar-refractivity contribution in [3.63, 3.8) is 0 Å². The summed E-state index contributed by atoms with van der Waals surface area (Å²) in [5, 5.41) is 9.94. The number of unbranched alkanes of at least 4 members (excludes halogenated alkanes) is 5. The van der Waals surface area contributed by atoms with Crippen molar-refractivity contribution in [3.05, 3.63) is 5.01 Å². The van der Waals surface area contributed by atoms with E-state index >= 15 is 0 Å². The van der Waals surface area contributed by atoms with Crippen molar-refractivity contribution in [2.24, 2.45) is 0 Å². The summed E-state index contributed by atoms with van der Waals surface area (Å²) in [6.45, 7) is 7.41. The van der Waals surface area contributed by atoms with Gasteiger partial charge in [-0.2, -0.15) is 0 Å². The molecule has 1 aliphatic rings. The number of aryl methyl sites for hydroxylation is 1. The van der Waals surface area contributed by atoms with Gasteiger partial charge in [0, 0.05) is 19.4 Å². The summed E-state index contributed by atoms with van der Waals surface area (Å²) in [4.78, 5) is 28.4. The SMILES string of the molecule is CCCCCc1nnc(N2C(=O)N(CCCCC)CC2OC(=O)CCCC)s1. The molecular formula is C20H34N4O3S. The molecule has 0 aliphatic carbocycles. The normalized spacial score (nSPS) is 16.8. The van der Waals surface area contributed by atoms with Crippen LogP contribution in [0.15, 0.2) is 0 Å². The number of aromatic nitrogens is 2. The number of urea groups is 1. The third-order valence-corrected chi connectivity index (χ3v) is 5.81. The Morgan fingerprint density at radius 2 is 1.79 bits per heavy atom. The van der Waals surface area contributed by atoms with Gasteiger partial charge in [-0.15, -0.1) is 10.2 Å². The molecule has 1 unspecified atom stereocenters. The second-order valence-electron chi connectivity index (χ2n) is 7.29. The predicted octanol–water partition coefficient (Wildman–Crippen LogP) is 4.76. The molecule has 0 bridgehead atoms. The van der Waals surface area contributed by atoms with Crippen LogP contribution in [-0.2, 0) is 16.0 Å². The second-order valence-corrected chi connectivity index (χ2v) is 8.33. The van der Waals surface area contributed by atoms with Crippen molar-refractivity contribution in [1.82, 2.24) is 15.1 Å². The Kier molecular flexibility index (Phi) is 9.67. The molecule has 1 fully saturated rings. The van der Waals surface area contributed by atoms with E-state index in [0.29, 0.717) is 24.6 Å². The fourth-order valence-electron chi connectivity index (χ4n) is 3.16. The van der Waals surface area contributed by atoms with Gasteiger partial charge < -0.3 is 9.64 Å². The van der Waals surface area contributed by atoms with Gasteiger partial charge in [-0.1, -0.05) is 64.2 Å². The van der Waals surface area contributed by atoms with E-state index in [-0.39, 0.29) is 12.0 Å². The van der Waals surface area contributed by atoms with E-state index in [1.165, 1.54) is 16.2 Å². The Hall–Kier alpha value is -1.70. The average Bonchev–Trinajstić information content (AvgIpc) is 3.25. The highest BCUT2D eigenvalue weighted by Gasteiger charge is 2.42. The summed E-state index contributed by atoms with van der Waals surface area (Å²) in [5.41, 5.74) is 0. The monoisotopic (exact) mass is 410 g/mol. The predicted molar refractivity (Wildman–Crippen MR) is 112 cm³/mol. The summed E-state index contributed by atoms with van der Waals surface area (Å²) in [7, 11) is 0. The number of amides is 2. The third-order valence-electron chi connectivity index (χ3n) is 4.83. The first-order chi connectivity index (χ1) is 13.6. The fraction of sp³-hybridized carbons (Fsp3) is 0.800. The highest BCUT2D eigenvalue weighted by atomic mass is 32.1. The molecule has 0 aromatic carbocycles. The first kappa shape index (κ1) is 22.6. The standard InChI is InChI=1S/C20H34N4O3S/c1-4-7-10-12-16-21-22-19(28-16)24-17(27-18(25)13-9-6-3)15-23(20(24)26)14-11-8-5-2/h17H,4-15H2,1-3H3. The molecule has 28 heavy (non-hydrogen) atoms. The van der Waals surface area contributed by atoms with E-state index in [1.54, 1.807) is 4.90 Å². The number of rotatable bonds is 13. The van der Waals surface area contributed by atoms with Crippen LogP contribution in [0.1, 0.15) is 83.6 Å². The Labute approximate surface area is 172 Å². The van der Waals surface area contributed by atoms with Crippen LogP contribution >= 0.6 is 11.3 Å². The van der Waals surface area contributed by atoms with Gasteiger partial charge in [-0.25, -0.2) is 9.69 Å². The van der Waals surface area contributed by atoms with E-state index in [2.05, 4.69) is 24.0 Å². The number of anilines is 1. The molecule has 0 N–H and O–H groups in total. The minimum absolute atomic E-state index is 0.138. The van der Waals surface area contributed by atoms with Gasteiger partial charge in [-0.3, -0.25) is 4.79 Å². The number of nitrogens with zero attached hydrogens (tertiary/aromatic N) is 4. The Morgan fingerprint density at radius 1 is 1.07 bits per heavy atom. The molecule has 158 valence electrons. The zero-order chi connectivity index (χ0) is 20.4. The van der Waals surface area contributed by atoms with Gasteiger partial charge in [0.05, 0.1) is 6.54 Å². The molecule has 0 radical (unpaired) electrons. The molecule has 2 heterocycles. The molecule has 2 rings (SSSR count).